The van der Waals surface area contributed by atoms with Gasteiger partial charge in [0.15, 0.2) is 5.78 Å². The highest BCUT2D eigenvalue weighted by atomic mass is 35.5. The Morgan fingerprint density at radius 1 is 0.962 bits per heavy atom. The molecule has 4 aromatic rings. The van der Waals surface area contributed by atoms with Crippen molar-refractivity contribution in [2.45, 2.75) is 6.92 Å². The molecule has 0 saturated carbocycles. The van der Waals surface area contributed by atoms with Crippen molar-refractivity contribution in [3.63, 3.8) is 0 Å². The van der Waals surface area contributed by atoms with Gasteiger partial charge in [-0.25, -0.2) is 4.98 Å². The normalized spacial score (nSPS) is 11.5. The molecule has 0 aliphatic heterocycles. The van der Waals surface area contributed by atoms with Crippen molar-refractivity contribution in [1.82, 2.24) is 4.98 Å². The lowest BCUT2D eigenvalue weighted by molar-refractivity contribution is 0.104. The maximum Gasteiger partial charge on any atom is 0.186 e. The molecule has 0 fully saturated rings. The van der Waals surface area contributed by atoms with E-state index in [-0.39, 0.29) is 5.78 Å². The summed E-state index contributed by atoms with van der Waals surface area (Å²) in [6, 6.07) is 21.6. The molecule has 0 bridgehead atoms. The first-order valence-corrected chi connectivity index (χ1v) is 8.77. The van der Waals surface area contributed by atoms with Crippen LogP contribution in [0.5, 0.6) is 0 Å². The summed E-state index contributed by atoms with van der Waals surface area (Å²) in [6.07, 6.45) is 3.30. The van der Waals surface area contributed by atoms with Gasteiger partial charge in [0.25, 0.3) is 0 Å². The molecule has 1 aromatic heterocycles. The van der Waals surface area contributed by atoms with Crippen LogP contribution in [0.25, 0.3) is 27.8 Å². The number of hydrogen-bond acceptors (Lipinski definition) is 2. The largest absolute Gasteiger partial charge is 0.289 e. The van der Waals surface area contributed by atoms with Crippen LogP contribution in [0.1, 0.15) is 21.5 Å². The Balaban J connectivity index is 1.72. The summed E-state index contributed by atoms with van der Waals surface area (Å²) in [4.78, 5) is 17.1. The van der Waals surface area contributed by atoms with Crippen molar-refractivity contribution in [3.8, 4) is 0 Å². The van der Waals surface area contributed by atoms with E-state index in [0.717, 1.165) is 32.8 Å². The molecule has 0 N–H and O–H groups in total. The van der Waals surface area contributed by atoms with E-state index in [9.17, 15) is 4.79 Å². The number of fused-ring (bicyclic) bond motifs is 2. The van der Waals surface area contributed by atoms with E-state index in [1.54, 1.807) is 12.2 Å². The summed E-state index contributed by atoms with van der Waals surface area (Å²) in [5.74, 6) is -0.0535. The number of aromatic nitrogens is 1. The molecular formula is C23H16ClNO. The third kappa shape index (κ3) is 3.12. The van der Waals surface area contributed by atoms with E-state index in [2.05, 4.69) is 11.1 Å². The zero-order valence-corrected chi connectivity index (χ0v) is 15.0. The molecule has 0 atom stereocenters. The van der Waals surface area contributed by atoms with Crippen LogP contribution >= 0.6 is 11.6 Å². The van der Waals surface area contributed by atoms with Gasteiger partial charge < -0.3 is 0 Å². The highest BCUT2D eigenvalue weighted by Gasteiger charge is 2.08. The fourth-order valence-corrected chi connectivity index (χ4v) is 3.31. The number of allylic oxidation sites excluding steroid dienone is 1. The number of nitrogens with zero attached hydrogens (tertiary/aromatic N) is 1. The number of carbonyl (C=O) groups excluding carboxylic acids is 1. The lowest BCUT2D eigenvalue weighted by atomic mass is 10.0. The zero-order chi connectivity index (χ0) is 18.1. The Morgan fingerprint density at radius 3 is 2.65 bits per heavy atom. The second-order valence-corrected chi connectivity index (χ2v) is 6.65. The summed E-state index contributed by atoms with van der Waals surface area (Å²) >= 11 is 6.29. The standard InChI is InChI=1S/C23H16ClNO/c1-15-9-11-21-18(13-15)14-17(23(24)25-21)10-12-22(26)20-8-4-6-16-5-2-3-7-19(16)20/h2-14H,1H3. The second-order valence-electron chi connectivity index (χ2n) is 6.29. The third-order valence-electron chi connectivity index (χ3n) is 4.42. The molecule has 0 radical (unpaired) electrons. The highest BCUT2D eigenvalue weighted by Crippen LogP contribution is 2.24. The average molecular weight is 358 g/mol. The van der Waals surface area contributed by atoms with Gasteiger partial charge in [-0.15, -0.1) is 0 Å². The highest BCUT2D eigenvalue weighted by molar-refractivity contribution is 6.31. The minimum Gasteiger partial charge on any atom is -0.289 e. The van der Waals surface area contributed by atoms with Crippen LogP contribution in [-0.4, -0.2) is 10.8 Å². The predicted molar refractivity (Wildman–Crippen MR) is 109 cm³/mol. The van der Waals surface area contributed by atoms with Crippen molar-refractivity contribution >= 4 is 45.1 Å². The molecule has 4 rings (SSSR count). The first-order chi connectivity index (χ1) is 12.6. The van der Waals surface area contributed by atoms with Crippen LogP contribution in [0, 0.1) is 6.92 Å². The van der Waals surface area contributed by atoms with Gasteiger partial charge in [-0.2, -0.15) is 0 Å². The van der Waals surface area contributed by atoms with Crippen LogP contribution in [0.15, 0.2) is 72.8 Å². The number of aryl methyl sites for hydroxylation is 1. The molecule has 0 amide bonds. The quantitative estimate of drug-likeness (QED) is 0.246. The van der Waals surface area contributed by atoms with Crippen LogP contribution in [-0.2, 0) is 0 Å². The second kappa shape index (κ2) is 6.74. The summed E-state index contributed by atoms with van der Waals surface area (Å²) in [5.41, 5.74) is 3.42. The number of rotatable bonds is 3. The maximum absolute atomic E-state index is 12.7. The van der Waals surface area contributed by atoms with Crippen LogP contribution < -0.4 is 0 Å². The van der Waals surface area contributed by atoms with E-state index < -0.39 is 0 Å². The van der Waals surface area contributed by atoms with Gasteiger partial charge in [-0.3, -0.25) is 4.79 Å². The summed E-state index contributed by atoms with van der Waals surface area (Å²) in [6.45, 7) is 2.04. The molecule has 0 aliphatic rings. The lowest BCUT2D eigenvalue weighted by Crippen LogP contribution is -1.95. The SMILES string of the molecule is Cc1ccc2nc(Cl)c(C=CC(=O)c3cccc4ccccc34)cc2c1. The van der Waals surface area contributed by atoms with Crippen molar-refractivity contribution in [3.05, 3.63) is 94.6 Å². The number of halogens is 1. The van der Waals surface area contributed by atoms with Crippen molar-refractivity contribution in [1.29, 1.82) is 0 Å². The van der Waals surface area contributed by atoms with Gasteiger partial charge in [0.05, 0.1) is 5.52 Å². The van der Waals surface area contributed by atoms with Crippen LogP contribution in [0.3, 0.4) is 0 Å². The van der Waals surface area contributed by atoms with Crippen molar-refractivity contribution in [2.24, 2.45) is 0 Å². The molecule has 3 heteroatoms. The average Bonchev–Trinajstić information content (AvgIpc) is 2.66. The number of hydrogen-bond donors (Lipinski definition) is 0. The maximum atomic E-state index is 12.7. The number of carbonyl (C=O) groups is 1. The fraction of sp³-hybridized carbons (Fsp3) is 0.0435. The van der Waals surface area contributed by atoms with Gasteiger partial charge in [-0.1, -0.05) is 65.7 Å². The Bertz CT molecular complexity index is 1170. The number of benzene rings is 3. The Morgan fingerprint density at radius 2 is 1.77 bits per heavy atom. The van der Waals surface area contributed by atoms with Crippen molar-refractivity contribution < 1.29 is 4.79 Å². The molecule has 0 unspecified atom stereocenters. The Kier molecular flexibility index (Phi) is 4.27. The summed E-state index contributed by atoms with van der Waals surface area (Å²) in [7, 11) is 0. The number of ketones is 1. The summed E-state index contributed by atoms with van der Waals surface area (Å²) in [5, 5.41) is 3.39. The van der Waals surface area contributed by atoms with E-state index in [1.807, 2.05) is 67.6 Å². The molecule has 26 heavy (non-hydrogen) atoms. The minimum absolute atomic E-state index is 0.0535. The lowest BCUT2D eigenvalue weighted by Gasteiger charge is -2.04. The molecule has 2 nitrogen and oxygen atoms in total. The minimum atomic E-state index is -0.0535. The monoisotopic (exact) mass is 357 g/mol. The molecule has 1 heterocycles. The van der Waals surface area contributed by atoms with Gasteiger partial charge in [0.2, 0.25) is 0 Å². The molecule has 126 valence electrons. The first-order valence-electron chi connectivity index (χ1n) is 8.39. The predicted octanol–water partition coefficient (Wildman–Crippen LogP) is 6.25. The molecule has 0 saturated heterocycles. The Hall–Kier alpha value is -2.97. The molecule has 3 aromatic carbocycles. The van der Waals surface area contributed by atoms with Gasteiger partial charge in [0.1, 0.15) is 5.15 Å². The van der Waals surface area contributed by atoms with E-state index in [1.165, 1.54) is 0 Å². The van der Waals surface area contributed by atoms with Gasteiger partial charge >= 0.3 is 0 Å². The van der Waals surface area contributed by atoms with E-state index >= 15 is 0 Å². The fourth-order valence-electron chi connectivity index (χ4n) is 3.10. The van der Waals surface area contributed by atoms with E-state index in [0.29, 0.717) is 10.7 Å². The van der Waals surface area contributed by atoms with Crippen LogP contribution in [0.4, 0.5) is 0 Å². The first kappa shape index (κ1) is 16.5. The topological polar surface area (TPSA) is 30.0 Å². The Labute approximate surface area is 156 Å². The van der Waals surface area contributed by atoms with Crippen LogP contribution in [0.2, 0.25) is 5.15 Å². The van der Waals surface area contributed by atoms with E-state index in [4.69, 9.17) is 11.6 Å². The zero-order valence-electron chi connectivity index (χ0n) is 14.2. The number of pyridine rings is 1. The van der Waals surface area contributed by atoms with Gasteiger partial charge in [-0.05, 0) is 48.0 Å². The molecular weight excluding hydrogens is 342 g/mol. The molecule has 0 aliphatic carbocycles. The molecule has 0 spiro atoms. The smallest absolute Gasteiger partial charge is 0.186 e. The van der Waals surface area contributed by atoms with Crippen molar-refractivity contribution in [2.75, 3.05) is 0 Å². The van der Waals surface area contributed by atoms with Gasteiger partial charge in [0, 0.05) is 16.5 Å². The third-order valence-corrected chi connectivity index (χ3v) is 4.72. The summed E-state index contributed by atoms with van der Waals surface area (Å²) < 4.78 is 0.